The molecular formula is C10H22N2O2. The first-order valence-corrected chi connectivity index (χ1v) is 4.84. The SMILES string of the molecule is C[C@@H](O)CNC(=O)C(C)(C)C(C)(C)N. The average Bonchev–Trinajstić information content (AvgIpc) is 1.97. The third-order valence-corrected chi connectivity index (χ3v) is 2.74. The molecule has 0 aromatic rings. The topological polar surface area (TPSA) is 75.3 Å². The van der Waals surface area contributed by atoms with Crippen LogP contribution in [-0.4, -0.2) is 29.2 Å². The van der Waals surface area contributed by atoms with Crippen LogP contribution in [0.3, 0.4) is 0 Å². The fourth-order valence-electron chi connectivity index (χ4n) is 0.754. The lowest BCUT2D eigenvalue weighted by atomic mass is 9.74. The second kappa shape index (κ2) is 4.28. The Kier molecular flexibility index (Phi) is 4.09. The molecular weight excluding hydrogens is 180 g/mol. The van der Waals surface area contributed by atoms with E-state index in [1.165, 1.54) is 0 Å². The molecule has 0 saturated heterocycles. The lowest BCUT2D eigenvalue weighted by Crippen LogP contribution is -2.56. The van der Waals surface area contributed by atoms with Crippen LogP contribution in [0.4, 0.5) is 0 Å². The smallest absolute Gasteiger partial charge is 0.227 e. The van der Waals surface area contributed by atoms with E-state index < -0.39 is 17.1 Å². The lowest BCUT2D eigenvalue weighted by Gasteiger charge is -2.37. The van der Waals surface area contributed by atoms with Crippen LogP contribution in [0, 0.1) is 5.41 Å². The van der Waals surface area contributed by atoms with E-state index in [0.29, 0.717) is 0 Å². The number of carbonyl (C=O) groups excluding carboxylic acids is 1. The van der Waals surface area contributed by atoms with Crippen molar-refractivity contribution in [2.45, 2.75) is 46.3 Å². The van der Waals surface area contributed by atoms with E-state index in [0.717, 1.165) is 0 Å². The average molecular weight is 202 g/mol. The maximum absolute atomic E-state index is 11.7. The molecule has 0 aliphatic carbocycles. The summed E-state index contributed by atoms with van der Waals surface area (Å²) in [5.74, 6) is -0.133. The summed E-state index contributed by atoms with van der Waals surface area (Å²) in [7, 11) is 0. The van der Waals surface area contributed by atoms with Gasteiger partial charge in [0.2, 0.25) is 5.91 Å². The molecule has 4 nitrogen and oxygen atoms in total. The van der Waals surface area contributed by atoms with Gasteiger partial charge in [0.15, 0.2) is 0 Å². The largest absolute Gasteiger partial charge is 0.392 e. The highest BCUT2D eigenvalue weighted by Gasteiger charge is 2.40. The predicted octanol–water partition coefficient (Wildman–Crippen LogP) is 0.247. The summed E-state index contributed by atoms with van der Waals surface area (Å²) in [6.45, 7) is 9.11. The van der Waals surface area contributed by atoms with Gasteiger partial charge in [0, 0.05) is 12.1 Å². The summed E-state index contributed by atoms with van der Waals surface area (Å²) < 4.78 is 0. The molecule has 0 aromatic heterocycles. The lowest BCUT2D eigenvalue weighted by molar-refractivity contribution is -0.132. The van der Waals surface area contributed by atoms with Gasteiger partial charge < -0.3 is 16.2 Å². The van der Waals surface area contributed by atoms with Crippen molar-refractivity contribution in [2.75, 3.05) is 6.54 Å². The van der Waals surface area contributed by atoms with Gasteiger partial charge in [-0.2, -0.15) is 0 Å². The molecule has 0 heterocycles. The van der Waals surface area contributed by atoms with Gasteiger partial charge in [0.05, 0.1) is 11.5 Å². The van der Waals surface area contributed by atoms with Gasteiger partial charge in [0.1, 0.15) is 0 Å². The molecule has 84 valence electrons. The fraction of sp³-hybridized carbons (Fsp3) is 0.900. The van der Waals surface area contributed by atoms with Crippen LogP contribution < -0.4 is 11.1 Å². The van der Waals surface area contributed by atoms with E-state index in [4.69, 9.17) is 10.8 Å². The highest BCUT2D eigenvalue weighted by Crippen LogP contribution is 2.28. The first-order valence-electron chi connectivity index (χ1n) is 4.84. The minimum absolute atomic E-state index is 0.133. The Morgan fingerprint density at radius 1 is 1.43 bits per heavy atom. The fourth-order valence-corrected chi connectivity index (χ4v) is 0.754. The molecule has 0 spiro atoms. The number of nitrogens with two attached hydrogens (primary N) is 1. The Bertz CT molecular complexity index is 205. The van der Waals surface area contributed by atoms with Gasteiger partial charge >= 0.3 is 0 Å². The van der Waals surface area contributed by atoms with Crippen molar-refractivity contribution in [1.82, 2.24) is 5.32 Å². The van der Waals surface area contributed by atoms with Crippen LogP contribution in [0.25, 0.3) is 0 Å². The van der Waals surface area contributed by atoms with Gasteiger partial charge in [-0.25, -0.2) is 0 Å². The zero-order valence-corrected chi connectivity index (χ0v) is 9.72. The van der Waals surface area contributed by atoms with E-state index in [1.807, 2.05) is 13.8 Å². The quantitative estimate of drug-likeness (QED) is 0.611. The van der Waals surface area contributed by atoms with Crippen molar-refractivity contribution in [1.29, 1.82) is 0 Å². The Morgan fingerprint density at radius 3 is 2.14 bits per heavy atom. The third kappa shape index (κ3) is 3.27. The van der Waals surface area contributed by atoms with Crippen molar-refractivity contribution in [2.24, 2.45) is 11.1 Å². The second-order valence-corrected chi connectivity index (χ2v) is 4.91. The van der Waals surface area contributed by atoms with E-state index in [9.17, 15) is 4.79 Å². The summed E-state index contributed by atoms with van der Waals surface area (Å²) in [5, 5.41) is 11.7. The standard InChI is InChI=1S/C10H22N2O2/c1-7(13)6-12-8(14)9(2,3)10(4,5)11/h7,13H,6,11H2,1-5H3,(H,12,14)/t7-/m1/s1. The summed E-state index contributed by atoms with van der Waals surface area (Å²) >= 11 is 0. The normalized spacial score (nSPS) is 15.1. The van der Waals surface area contributed by atoms with Crippen molar-refractivity contribution in [3.05, 3.63) is 0 Å². The number of nitrogens with one attached hydrogen (secondary N) is 1. The molecule has 0 aliphatic rings. The highest BCUT2D eigenvalue weighted by atomic mass is 16.3. The van der Waals surface area contributed by atoms with Gasteiger partial charge in [-0.15, -0.1) is 0 Å². The molecule has 0 unspecified atom stereocenters. The van der Waals surface area contributed by atoms with Gasteiger partial charge in [-0.3, -0.25) is 4.79 Å². The minimum atomic E-state index is -0.651. The molecule has 1 atom stereocenters. The molecule has 0 bridgehead atoms. The van der Waals surface area contributed by atoms with Gasteiger partial charge in [0.25, 0.3) is 0 Å². The molecule has 0 aliphatic heterocycles. The number of hydrogen-bond donors (Lipinski definition) is 3. The Morgan fingerprint density at radius 2 is 1.86 bits per heavy atom. The van der Waals surface area contributed by atoms with E-state index in [1.54, 1.807) is 20.8 Å². The van der Waals surface area contributed by atoms with Crippen LogP contribution in [0.15, 0.2) is 0 Å². The zero-order chi connectivity index (χ0) is 11.6. The van der Waals surface area contributed by atoms with Crippen LogP contribution in [0.5, 0.6) is 0 Å². The summed E-state index contributed by atoms with van der Waals surface area (Å²) in [5.41, 5.74) is 4.66. The first kappa shape index (κ1) is 13.4. The number of aliphatic hydroxyl groups excluding tert-OH is 1. The molecule has 14 heavy (non-hydrogen) atoms. The van der Waals surface area contributed by atoms with Gasteiger partial charge in [-0.05, 0) is 34.6 Å². The number of carbonyl (C=O) groups is 1. The molecule has 1 amide bonds. The third-order valence-electron chi connectivity index (χ3n) is 2.74. The molecule has 0 rings (SSSR count). The van der Waals surface area contributed by atoms with Gasteiger partial charge in [-0.1, -0.05) is 0 Å². The molecule has 0 aromatic carbocycles. The summed E-state index contributed by atoms with van der Waals surface area (Å²) in [4.78, 5) is 11.7. The maximum Gasteiger partial charge on any atom is 0.227 e. The van der Waals surface area contributed by atoms with E-state index in [-0.39, 0.29) is 12.5 Å². The number of aliphatic hydroxyl groups is 1. The zero-order valence-electron chi connectivity index (χ0n) is 9.72. The van der Waals surface area contributed by atoms with Crippen molar-refractivity contribution in [3.8, 4) is 0 Å². The minimum Gasteiger partial charge on any atom is -0.392 e. The Hall–Kier alpha value is -0.610. The highest BCUT2D eigenvalue weighted by molar-refractivity contribution is 5.83. The first-order chi connectivity index (χ1) is 6.09. The van der Waals surface area contributed by atoms with Crippen molar-refractivity contribution < 1.29 is 9.90 Å². The molecule has 0 fully saturated rings. The molecule has 4 heteroatoms. The van der Waals surface area contributed by atoms with Crippen molar-refractivity contribution >= 4 is 5.91 Å². The Labute approximate surface area is 85.9 Å². The van der Waals surface area contributed by atoms with Crippen LogP contribution in [0.2, 0.25) is 0 Å². The van der Waals surface area contributed by atoms with Crippen LogP contribution in [0.1, 0.15) is 34.6 Å². The molecule has 0 saturated carbocycles. The number of amides is 1. The molecule has 4 N–H and O–H groups in total. The van der Waals surface area contributed by atoms with E-state index in [2.05, 4.69) is 5.32 Å². The monoisotopic (exact) mass is 202 g/mol. The van der Waals surface area contributed by atoms with Crippen LogP contribution in [-0.2, 0) is 4.79 Å². The van der Waals surface area contributed by atoms with Crippen LogP contribution >= 0.6 is 0 Å². The van der Waals surface area contributed by atoms with Crippen molar-refractivity contribution in [3.63, 3.8) is 0 Å². The summed E-state index contributed by atoms with van der Waals surface area (Å²) in [6.07, 6.45) is -0.532. The Balaban J connectivity index is 4.38. The number of hydrogen-bond acceptors (Lipinski definition) is 3. The van der Waals surface area contributed by atoms with E-state index >= 15 is 0 Å². The summed E-state index contributed by atoms with van der Waals surface area (Å²) in [6, 6.07) is 0. The maximum atomic E-state index is 11.7. The number of rotatable bonds is 4. The second-order valence-electron chi connectivity index (χ2n) is 4.91. The molecule has 0 radical (unpaired) electrons. The predicted molar refractivity (Wildman–Crippen MR) is 56.7 cm³/mol.